The topological polar surface area (TPSA) is 0 Å². The SMILES string of the molecule is CCCCC[CH2][GeH]([CH2]CCCCC)[CH2]CCCCC. The number of unbranched alkanes of at least 4 members (excludes halogenated alkanes) is 9. The molecule has 0 radical (unpaired) electrons. The third-order valence-corrected chi connectivity index (χ3v) is 12.1. The van der Waals surface area contributed by atoms with Gasteiger partial charge in [0.05, 0.1) is 0 Å². The molecule has 0 aromatic carbocycles. The van der Waals surface area contributed by atoms with Crippen LogP contribution in [0, 0.1) is 0 Å². The van der Waals surface area contributed by atoms with Gasteiger partial charge in [-0.2, -0.15) is 0 Å². The van der Waals surface area contributed by atoms with Crippen molar-refractivity contribution in [2.45, 2.75) is 114 Å². The van der Waals surface area contributed by atoms with E-state index >= 15 is 0 Å². The summed E-state index contributed by atoms with van der Waals surface area (Å²) in [6.07, 6.45) is 17.9. The van der Waals surface area contributed by atoms with E-state index in [1.54, 1.807) is 35.0 Å². The van der Waals surface area contributed by atoms with Gasteiger partial charge in [-0.3, -0.25) is 0 Å². The van der Waals surface area contributed by atoms with E-state index in [4.69, 9.17) is 0 Å². The molecule has 0 atom stereocenters. The normalized spacial score (nSPS) is 11.4. The van der Waals surface area contributed by atoms with Crippen LogP contribution in [-0.2, 0) is 0 Å². The van der Waals surface area contributed by atoms with Crippen LogP contribution in [0.25, 0.3) is 0 Å². The second kappa shape index (κ2) is 16.6. The first kappa shape index (κ1) is 19.5. The Morgan fingerprint density at radius 3 is 1.00 bits per heavy atom. The van der Waals surface area contributed by atoms with Crippen molar-refractivity contribution in [2.75, 3.05) is 0 Å². The van der Waals surface area contributed by atoms with E-state index in [0.29, 0.717) is 0 Å². The molecule has 0 aliphatic rings. The Labute approximate surface area is 128 Å². The molecule has 0 bridgehead atoms. The molecule has 0 N–H and O–H groups in total. The van der Waals surface area contributed by atoms with Crippen LogP contribution in [-0.4, -0.2) is 14.3 Å². The summed E-state index contributed by atoms with van der Waals surface area (Å²) >= 11 is -0.855. The monoisotopic (exact) mass is 330 g/mol. The van der Waals surface area contributed by atoms with E-state index < -0.39 is 14.3 Å². The van der Waals surface area contributed by atoms with E-state index in [-0.39, 0.29) is 0 Å². The van der Waals surface area contributed by atoms with Gasteiger partial charge in [0.1, 0.15) is 0 Å². The quantitative estimate of drug-likeness (QED) is 0.225. The Morgan fingerprint density at radius 2 is 0.737 bits per heavy atom. The Bertz CT molecular complexity index is 127. The van der Waals surface area contributed by atoms with Crippen molar-refractivity contribution in [1.29, 1.82) is 0 Å². The fraction of sp³-hybridized carbons (Fsp3) is 1.00. The first-order chi connectivity index (χ1) is 9.35. The summed E-state index contributed by atoms with van der Waals surface area (Å²) in [5, 5.41) is 5.10. The summed E-state index contributed by atoms with van der Waals surface area (Å²) in [5.41, 5.74) is 0. The van der Waals surface area contributed by atoms with Crippen LogP contribution in [0.15, 0.2) is 0 Å². The molecule has 0 aromatic rings. The Balaban J connectivity index is 3.66. The molecule has 0 spiro atoms. The average molecular weight is 329 g/mol. The van der Waals surface area contributed by atoms with Crippen molar-refractivity contribution < 1.29 is 0 Å². The van der Waals surface area contributed by atoms with Crippen LogP contribution in [0.1, 0.15) is 97.8 Å². The van der Waals surface area contributed by atoms with Gasteiger partial charge >= 0.3 is 128 Å². The number of hydrogen-bond acceptors (Lipinski definition) is 0. The third kappa shape index (κ3) is 14.8. The van der Waals surface area contributed by atoms with Gasteiger partial charge in [-0.1, -0.05) is 0 Å². The van der Waals surface area contributed by atoms with Crippen LogP contribution < -0.4 is 0 Å². The van der Waals surface area contributed by atoms with Gasteiger partial charge in [0, 0.05) is 0 Å². The van der Waals surface area contributed by atoms with Crippen molar-refractivity contribution in [1.82, 2.24) is 0 Å². The third-order valence-electron chi connectivity index (χ3n) is 4.40. The van der Waals surface area contributed by atoms with Crippen molar-refractivity contribution in [3.05, 3.63) is 0 Å². The average Bonchev–Trinajstić information content (AvgIpc) is 2.43. The molecule has 19 heavy (non-hydrogen) atoms. The molecular formula is C18H40Ge. The van der Waals surface area contributed by atoms with E-state index in [0.717, 1.165) is 0 Å². The molecule has 0 nitrogen and oxygen atoms in total. The standard InChI is InChI=1S/C18H40Ge/c1-4-7-10-13-16-19(17-14-11-8-5-2)18-15-12-9-6-3/h19H,4-18H2,1-3H3. The second-order valence-electron chi connectivity index (χ2n) is 6.41. The molecule has 0 saturated carbocycles. The molecule has 0 aliphatic carbocycles. The van der Waals surface area contributed by atoms with Gasteiger partial charge in [-0.25, -0.2) is 0 Å². The van der Waals surface area contributed by atoms with Crippen LogP contribution >= 0.6 is 0 Å². The molecule has 0 amide bonds. The van der Waals surface area contributed by atoms with Crippen LogP contribution in [0.5, 0.6) is 0 Å². The van der Waals surface area contributed by atoms with Crippen molar-refractivity contribution >= 4 is 14.3 Å². The predicted molar refractivity (Wildman–Crippen MR) is 94.0 cm³/mol. The fourth-order valence-corrected chi connectivity index (χ4v) is 10.3. The summed E-state index contributed by atoms with van der Waals surface area (Å²) in [7, 11) is 0. The van der Waals surface area contributed by atoms with Crippen molar-refractivity contribution in [3.8, 4) is 0 Å². The molecule has 0 unspecified atom stereocenters. The maximum atomic E-state index is 2.33. The van der Waals surface area contributed by atoms with Crippen LogP contribution in [0.3, 0.4) is 0 Å². The predicted octanol–water partition coefficient (Wildman–Crippen LogP) is 6.95. The van der Waals surface area contributed by atoms with Crippen LogP contribution in [0.2, 0.25) is 15.8 Å². The van der Waals surface area contributed by atoms with E-state index in [2.05, 4.69) is 20.8 Å². The zero-order chi connectivity index (χ0) is 14.2. The molecule has 1 heteroatoms. The van der Waals surface area contributed by atoms with E-state index in [9.17, 15) is 0 Å². The Hall–Kier alpha value is 0.543. The minimum absolute atomic E-state index is 0.855. The van der Waals surface area contributed by atoms with Gasteiger partial charge in [-0.05, 0) is 0 Å². The molecule has 0 saturated heterocycles. The fourth-order valence-electron chi connectivity index (χ4n) is 3.01. The van der Waals surface area contributed by atoms with Gasteiger partial charge < -0.3 is 0 Å². The molecule has 0 heterocycles. The molecule has 0 fully saturated rings. The number of rotatable bonds is 15. The maximum absolute atomic E-state index is 2.33. The summed E-state index contributed by atoms with van der Waals surface area (Å²) in [4.78, 5) is 0. The van der Waals surface area contributed by atoms with E-state index in [1.807, 2.05) is 0 Å². The molecule has 0 aromatic heterocycles. The van der Waals surface area contributed by atoms with Gasteiger partial charge in [0.15, 0.2) is 0 Å². The van der Waals surface area contributed by atoms with Crippen molar-refractivity contribution in [3.63, 3.8) is 0 Å². The van der Waals surface area contributed by atoms with Crippen molar-refractivity contribution in [2.24, 2.45) is 0 Å². The van der Waals surface area contributed by atoms with Gasteiger partial charge in [0.2, 0.25) is 0 Å². The first-order valence-electron chi connectivity index (χ1n) is 9.35. The van der Waals surface area contributed by atoms with Gasteiger partial charge in [-0.15, -0.1) is 0 Å². The summed E-state index contributed by atoms with van der Waals surface area (Å²) in [5.74, 6) is 0. The Kier molecular flexibility index (Phi) is 17.1. The van der Waals surface area contributed by atoms with Crippen LogP contribution in [0.4, 0.5) is 0 Å². The molecule has 0 aliphatic heterocycles. The molecular weight excluding hydrogens is 289 g/mol. The zero-order valence-electron chi connectivity index (χ0n) is 14.2. The number of hydrogen-bond donors (Lipinski definition) is 0. The Morgan fingerprint density at radius 1 is 0.421 bits per heavy atom. The molecule has 0 rings (SSSR count). The minimum atomic E-state index is -0.855. The summed E-state index contributed by atoms with van der Waals surface area (Å²) in [6, 6.07) is 0. The first-order valence-corrected chi connectivity index (χ1v) is 14.5. The van der Waals surface area contributed by atoms with E-state index in [1.165, 1.54) is 57.8 Å². The summed E-state index contributed by atoms with van der Waals surface area (Å²) in [6.45, 7) is 6.98. The molecule has 116 valence electrons. The zero-order valence-corrected chi connectivity index (χ0v) is 16.6. The second-order valence-corrected chi connectivity index (χ2v) is 13.7. The summed E-state index contributed by atoms with van der Waals surface area (Å²) < 4.78 is 0. The van der Waals surface area contributed by atoms with Gasteiger partial charge in [0.25, 0.3) is 0 Å².